The second kappa shape index (κ2) is 6.74. The van der Waals surface area contributed by atoms with Gasteiger partial charge in [-0.25, -0.2) is 4.68 Å². The molecular weight excluding hydrogens is 308 g/mol. The minimum atomic E-state index is -0.500. The summed E-state index contributed by atoms with van der Waals surface area (Å²) in [5, 5.41) is 17.6. The van der Waals surface area contributed by atoms with Crippen molar-refractivity contribution in [3.8, 4) is 5.69 Å². The van der Waals surface area contributed by atoms with E-state index in [2.05, 4.69) is 10.4 Å². The highest BCUT2D eigenvalue weighted by atomic mass is 16.6. The van der Waals surface area contributed by atoms with Crippen molar-refractivity contribution in [2.75, 3.05) is 5.32 Å². The van der Waals surface area contributed by atoms with E-state index < -0.39 is 4.92 Å². The molecule has 0 saturated heterocycles. The van der Waals surface area contributed by atoms with Gasteiger partial charge in [0, 0.05) is 24.0 Å². The van der Waals surface area contributed by atoms with Gasteiger partial charge in [-0.05, 0) is 23.8 Å². The van der Waals surface area contributed by atoms with Crippen LogP contribution < -0.4 is 5.32 Å². The Labute approximate surface area is 137 Å². The van der Waals surface area contributed by atoms with E-state index in [0.29, 0.717) is 5.69 Å². The average Bonchev–Trinajstić information content (AvgIpc) is 3.04. The minimum Gasteiger partial charge on any atom is -0.326 e. The highest BCUT2D eigenvalue weighted by Crippen LogP contribution is 2.17. The Hall–Kier alpha value is -3.48. The molecule has 1 amide bonds. The van der Waals surface area contributed by atoms with Gasteiger partial charge in [0.1, 0.15) is 0 Å². The maximum Gasteiger partial charge on any atom is 0.271 e. The van der Waals surface area contributed by atoms with Gasteiger partial charge in [-0.3, -0.25) is 14.9 Å². The van der Waals surface area contributed by atoms with E-state index in [-0.39, 0.29) is 18.0 Å². The molecule has 7 heteroatoms. The summed E-state index contributed by atoms with van der Waals surface area (Å²) in [7, 11) is 0. The number of hydrogen-bond acceptors (Lipinski definition) is 4. The summed E-state index contributed by atoms with van der Waals surface area (Å²) in [6.45, 7) is 0. The Morgan fingerprint density at radius 3 is 2.71 bits per heavy atom. The van der Waals surface area contributed by atoms with Crippen molar-refractivity contribution in [2.24, 2.45) is 0 Å². The first-order valence-electron chi connectivity index (χ1n) is 7.25. The van der Waals surface area contributed by atoms with Gasteiger partial charge in [-0.2, -0.15) is 5.10 Å². The van der Waals surface area contributed by atoms with Gasteiger partial charge in [-0.1, -0.05) is 24.3 Å². The van der Waals surface area contributed by atoms with E-state index in [1.54, 1.807) is 23.1 Å². The zero-order valence-corrected chi connectivity index (χ0v) is 12.6. The number of nitro benzene ring substituents is 1. The lowest BCUT2D eigenvalue weighted by Crippen LogP contribution is -2.14. The van der Waals surface area contributed by atoms with Crippen molar-refractivity contribution in [1.29, 1.82) is 0 Å². The fraction of sp³-hybridized carbons (Fsp3) is 0.0588. The first kappa shape index (κ1) is 15.4. The van der Waals surface area contributed by atoms with Crippen LogP contribution in [0.15, 0.2) is 67.0 Å². The fourth-order valence-corrected chi connectivity index (χ4v) is 2.26. The van der Waals surface area contributed by atoms with Crippen LogP contribution in [0.1, 0.15) is 5.56 Å². The number of carbonyl (C=O) groups excluding carboxylic acids is 1. The first-order chi connectivity index (χ1) is 11.6. The number of nitro groups is 1. The molecule has 2 aromatic carbocycles. The number of nitrogens with zero attached hydrogens (tertiary/aromatic N) is 3. The average molecular weight is 322 g/mol. The van der Waals surface area contributed by atoms with E-state index >= 15 is 0 Å². The number of nitrogens with one attached hydrogen (secondary N) is 1. The van der Waals surface area contributed by atoms with Crippen LogP contribution >= 0.6 is 0 Å². The molecule has 1 heterocycles. The second-order valence-corrected chi connectivity index (χ2v) is 5.16. The molecule has 1 aromatic heterocycles. The highest BCUT2D eigenvalue weighted by molar-refractivity contribution is 5.92. The SMILES string of the molecule is O=C(Cc1cnn(-c2ccccc2)c1)Nc1cccc([N+](=O)[O-])c1. The molecule has 0 atom stereocenters. The molecule has 1 N–H and O–H groups in total. The number of amides is 1. The van der Waals surface area contributed by atoms with Crippen molar-refractivity contribution in [3.05, 3.63) is 82.7 Å². The second-order valence-electron chi connectivity index (χ2n) is 5.16. The standard InChI is InChI=1S/C17H14N4O3/c22-17(19-14-5-4-8-16(10-14)21(23)24)9-13-11-18-20(12-13)15-6-2-1-3-7-15/h1-8,10-12H,9H2,(H,19,22). The van der Waals surface area contributed by atoms with Crippen molar-refractivity contribution in [2.45, 2.75) is 6.42 Å². The van der Waals surface area contributed by atoms with Gasteiger partial charge in [0.05, 0.1) is 23.2 Å². The normalized spacial score (nSPS) is 10.3. The zero-order chi connectivity index (χ0) is 16.9. The number of non-ortho nitro benzene ring substituents is 1. The summed E-state index contributed by atoms with van der Waals surface area (Å²) < 4.78 is 1.69. The minimum absolute atomic E-state index is 0.0651. The largest absolute Gasteiger partial charge is 0.326 e. The Morgan fingerprint density at radius 2 is 1.96 bits per heavy atom. The van der Waals surface area contributed by atoms with Crippen LogP contribution in [-0.2, 0) is 11.2 Å². The molecule has 0 fully saturated rings. The number of rotatable bonds is 5. The predicted octanol–water partition coefficient (Wildman–Crippen LogP) is 2.96. The molecule has 0 aliphatic heterocycles. The third-order valence-corrected chi connectivity index (χ3v) is 3.36. The molecule has 3 aromatic rings. The summed E-state index contributed by atoms with van der Waals surface area (Å²) in [6, 6.07) is 15.4. The topological polar surface area (TPSA) is 90.1 Å². The summed E-state index contributed by atoms with van der Waals surface area (Å²) in [5.74, 6) is -0.261. The van der Waals surface area contributed by atoms with Crippen molar-refractivity contribution in [3.63, 3.8) is 0 Å². The van der Waals surface area contributed by atoms with E-state index in [4.69, 9.17) is 0 Å². The summed E-state index contributed by atoms with van der Waals surface area (Å²) in [4.78, 5) is 22.3. The van der Waals surface area contributed by atoms with E-state index in [1.807, 2.05) is 30.3 Å². The van der Waals surface area contributed by atoms with Crippen molar-refractivity contribution in [1.82, 2.24) is 9.78 Å². The molecule has 0 aliphatic carbocycles. The maximum atomic E-state index is 12.1. The molecule has 0 unspecified atom stereocenters. The lowest BCUT2D eigenvalue weighted by atomic mass is 10.2. The quantitative estimate of drug-likeness (QED) is 0.577. The highest BCUT2D eigenvalue weighted by Gasteiger charge is 2.10. The van der Waals surface area contributed by atoms with Gasteiger partial charge < -0.3 is 5.32 Å². The Kier molecular flexibility index (Phi) is 4.33. The number of hydrogen-bond donors (Lipinski definition) is 1. The predicted molar refractivity (Wildman–Crippen MR) is 89.0 cm³/mol. The number of carbonyl (C=O) groups is 1. The fourth-order valence-electron chi connectivity index (χ4n) is 2.26. The van der Waals surface area contributed by atoms with Crippen LogP contribution in [0.5, 0.6) is 0 Å². The Bertz CT molecular complexity index is 874. The van der Waals surface area contributed by atoms with Gasteiger partial charge in [0.25, 0.3) is 5.69 Å². The lowest BCUT2D eigenvalue weighted by molar-refractivity contribution is -0.384. The number of para-hydroxylation sites is 1. The lowest BCUT2D eigenvalue weighted by Gasteiger charge is -2.04. The third-order valence-electron chi connectivity index (χ3n) is 3.36. The molecule has 0 aliphatic rings. The molecule has 0 radical (unpaired) electrons. The Morgan fingerprint density at radius 1 is 1.17 bits per heavy atom. The molecular formula is C17H14N4O3. The maximum absolute atomic E-state index is 12.1. The van der Waals surface area contributed by atoms with E-state index in [1.165, 1.54) is 18.2 Å². The van der Waals surface area contributed by atoms with Gasteiger partial charge >= 0.3 is 0 Å². The van der Waals surface area contributed by atoms with Crippen LogP contribution in [0, 0.1) is 10.1 Å². The Balaban J connectivity index is 1.66. The molecule has 0 spiro atoms. The van der Waals surface area contributed by atoms with Gasteiger partial charge in [0.15, 0.2) is 0 Å². The van der Waals surface area contributed by atoms with Crippen LogP contribution in [0.25, 0.3) is 5.69 Å². The van der Waals surface area contributed by atoms with Crippen LogP contribution in [0.4, 0.5) is 11.4 Å². The summed E-state index contributed by atoms with van der Waals surface area (Å²) in [5.41, 5.74) is 1.99. The van der Waals surface area contributed by atoms with Crippen molar-refractivity contribution < 1.29 is 9.72 Å². The van der Waals surface area contributed by atoms with Crippen LogP contribution in [0.3, 0.4) is 0 Å². The van der Waals surface area contributed by atoms with Gasteiger partial charge in [-0.15, -0.1) is 0 Å². The molecule has 120 valence electrons. The molecule has 7 nitrogen and oxygen atoms in total. The summed E-state index contributed by atoms with van der Waals surface area (Å²) in [6.07, 6.45) is 3.54. The van der Waals surface area contributed by atoms with Crippen molar-refractivity contribution >= 4 is 17.3 Å². The van der Waals surface area contributed by atoms with Crippen LogP contribution in [0.2, 0.25) is 0 Å². The molecule has 0 saturated carbocycles. The first-order valence-corrected chi connectivity index (χ1v) is 7.25. The van der Waals surface area contributed by atoms with E-state index in [0.717, 1.165) is 11.3 Å². The molecule has 3 rings (SSSR count). The number of benzene rings is 2. The van der Waals surface area contributed by atoms with Crippen LogP contribution in [-0.4, -0.2) is 20.6 Å². The number of anilines is 1. The zero-order valence-electron chi connectivity index (χ0n) is 12.6. The third kappa shape index (κ3) is 3.64. The molecule has 24 heavy (non-hydrogen) atoms. The number of aromatic nitrogens is 2. The smallest absolute Gasteiger partial charge is 0.271 e. The molecule has 0 bridgehead atoms. The monoisotopic (exact) mass is 322 g/mol. The van der Waals surface area contributed by atoms with E-state index in [9.17, 15) is 14.9 Å². The summed E-state index contributed by atoms with van der Waals surface area (Å²) >= 11 is 0. The van der Waals surface area contributed by atoms with Gasteiger partial charge in [0.2, 0.25) is 5.91 Å².